The number of nitrogens with zero attached hydrogens (tertiary/aromatic N) is 1. The molecule has 0 bridgehead atoms. The number of amides is 2. The summed E-state index contributed by atoms with van der Waals surface area (Å²) in [6.45, 7) is 3.92. The number of para-hydroxylation sites is 1. The van der Waals surface area contributed by atoms with Gasteiger partial charge in [0.15, 0.2) is 0 Å². The lowest BCUT2D eigenvalue weighted by molar-refractivity contribution is -0.116. The molecule has 0 aromatic heterocycles. The van der Waals surface area contributed by atoms with Crippen LogP contribution in [0.3, 0.4) is 0 Å². The summed E-state index contributed by atoms with van der Waals surface area (Å²) in [5.41, 5.74) is 4.60. The van der Waals surface area contributed by atoms with Gasteiger partial charge in [0.1, 0.15) is 0 Å². The van der Waals surface area contributed by atoms with E-state index < -0.39 is 0 Å². The molecule has 2 amide bonds. The lowest BCUT2D eigenvalue weighted by Gasteiger charge is -2.18. The van der Waals surface area contributed by atoms with Crippen LogP contribution in [0.15, 0.2) is 42.5 Å². The first-order chi connectivity index (χ1) is 11.9. The van der Waals surface area contributed by atoms with Crippen molar-refractivity contribution in [3.05, 3.63) is 64.7 Å². The van der Waals surface area contributed by atoms with E-state index in [-0.39, 0.29) is 18.4 Å². The van der Waals surface area contributed by atoms with Gasteiger partial charge in [0.2, 0.25) is 5.91 Å². The maximum atomic E-state index is 12.5. The molecule has 5 heteroatoms. The zero-order valence-electron chi connectivity index (χ0n) is 15.1. The lowest BCUT2D eigenvalue weighted by Crippen LogP contribution is -2.35. The van der Waals surface area contributed by atoms with Crippen LogP contribution in [0.1, 0.15) is 27.0 Å². The monoisotopic (exact) mass is 356 g/mol. The van der Waals surface area contributed by atoms with Crippen LogP contribution in [0, 0.1) is 13.8 Å². The minimum atomic E-state index is -0.202. The number of rotatable bonds is 6. The lowest BCUT2D eigenvalue weighted by atomic mass is 10.1. The first-order valence-corrected chi connectivity index (χ1v) is 9.51. The van der Waals surface area contributed by atoms with Gasteiger partial charge in [-0.05, 0) is 48.9 Å². The van der Waals surface area contributed by atoms with Gasteiger partial charge in [0.25, 0.3) is 5.91 Å². The molecule has 2 aromatic rings. The second kappa shape index (κ2) is 8.72. The van der Waals surface area contributed by atoms with Gasteiger partial charge in [-0.25, -0.2) is 0 Å². The molecule has 0 fully saturated rings. The molecule has 0 saturated carbocycles. The predicted molar refractivity (Wildman–Crippen MR) is 105 cm³/mol. The van der Waals surface area contributed by atoms with Crippen molar-refractivity contribution in [3.8, 4) is 0 Å². The number of anilines is 1. The summed E-state index contributed by atoms with van der Waals surface area (Å²) in [4.78, 5) is 26.2. The zero-order valence-corrected chi connectivity index (χ0v) is 15.9. The number of hydrogen-bond acceptors (Lipinski definition) is 3. The standard InChI is InChI=1S/C20H24N2O2S/c1-14-6-5-7-15(2)19(14)21-18(23)12-22(3)20(24)17-10-8-16(9-11-17)13-25-4/h5-11H,12-13H2,1-4H3,(H,21,23). The molecule has 25 heavy (non-hydrogen) atoms. The fourth-order valence-corrected chi connectivity index (χ4v) is 3.13. The summed E-state index contributed by atoms with van der Waals surface area (Å²) in [5.74, 6) is 0.558. The topological polar surface area (TPSA) is 49.4 Å². The molecule has 2 rings (SSSR count). The van der Waals surface area contributed by atoms with Gasteiger partial charge in [-0.1, -0.05) is 30.3 Å². The van der Waals surface area contributed by atoms with Gasteiger partial charge in [0.05, 0.1) is 6.54 Å². The number of thioether (sulfide) groups is 1. The summed E-state index contributed by atoms with van der Waals surface area (Å²) in [6, 6.07) is 13.4. The molecule has 0 spiro atoms. The fourth-order valence-electron chi connectivity index (χ4n) is 2.61. The largest absolute Gasteiger partial charge is 0.332 e. The second-order valence-corrected chi connectivity index (χ2v) is 6.97. The molecule has 0 aliphatic rings. The number of carbonyl (C=O) groups excluding carboxylic acids is 2. The fraction of sp³-hybridized carbons (Fsp3) is 0.300. The second-order valence-electron chi connectivity index (χ2n) is 6.11. The quantitative estimate of drug-likeness (QED) is 0.854. The Morgan fingerprint density at radius 1 is 1.04 bits per heavy atom. The van der Waals surface area contributed by atoms with E-state index in [1.165, 1.54) is 10.5 Å². The number of hydrogen-bond donors (Lipinski definition) is 1. The SMILES string of the molecule is CSCc1ccc(C(=O)N(C)CC(=O)Nc2c(C)cccc2C)cc1. The Morgan fingerprint density at radius 2 is 1.64 bits per heavy atom. The molecule has 0 aliphatic carbocycles. The van der Waals surface area contributed by atoms with Gasteiger partial charge < -0.3 is 10.2 Å². The van der Waals surface area contributed by atoms with Crippen molar-refractivity contribution in [2.45, 2.75) is 19.6 Å². The molecule has 0 aliphatic heterocycles. The number of likely N-dealkylation sites (N-methyl/N-ethyl adjacent to an activating group) is 1. The maximum Gasteiger partial charge on any atom is 0.254 e. The average molecular weight is 356 g/mol. The summed E-state index contributed by atoms with van der Waals surface area (Å²) in [5, 5.41) is 2.91. The Morgan fingerprint density at radius 3 is 2.20 bits per heavy atom. The highest BCUT2D eigenvalue weighted by Gasteiger charge is 2.16. The third kappa shape index (κ3) is 5.10. The van der Waals surface area contributed by atoms with E-state index >= 15 is 0 Å². The van der Waals surface area contributed by atoms with Crippen molar-refractivity contribution in [1.29, 1.82) is 0 Å². The number of carbonyl (C=O) groups is 2. The van der Waals surface area contributed by atoms with Crippen LogP contribution in [0.4, 0.5) is 5.69 Å². The van der Waals surface area contributed by atoms with Gasteiger partial charge in [0, 0.05) is 24.1 Å². The van der Waals surface area contributed by atoms with Crippen molar-refractivity contribution in [2.24, 2.45) is 0 Å². The van der Waals surface area contributed by atoms with Crippen molar-refractivity contribution in [2.75, 3.05) is 25.2 Å². The summed E-state index contributed by atoms with van der Waals surface area (Å²) >= 11 is 1.74. The highest BCUT2D eigenvalue weighted by atomic mass is 32.2. The van der Waals surface area contributed by atoms with E-state index in [1.807, 2.05) is 62.6 Å². The average Bonchev–Trinajstić information content (AvgIpc) is 2.58. The van der Waals surface area contributed by atoms with E-state index in [0.29, 0.717) is 5.56 Å². The third-order valence-corrected chi connectivity index (χ3v) is 4.61. The highest BCUT2D eigenvalue weighted by Crippen LogP contribution is 2.19. The van der Waals surface area contributed by atoms with Crippen LogP contribution >= 0.6 is 11.8 Å². The minimum Gasteiger partial charge on any atom is -0.332 e. The predicted octanol–water partition coefficient (Wildman–Crippen LogP) is 3.88. The molecule has 0 atom stereocenters. The smallest absolute Gasteiger partial charge is 0.254 e. The maximum absolute atomic E-state index is 12.5. The van der Waals surface area contributed by atoms with Crippen LogP contribution in [-0.4, -0.2) is 36.6 Å². The molecule has 0 unspecified atom stereocenters. The van der Waals surface area contributed by atoms with Crippen LogP contribution in [0.25, 0.3) is 0 Å². The van der Waals surface area contributed by atoms with Crippen LogP contribution in [0.2, 0.25) is 0 Å². The van der Waals surface area contributed by atoms with Crippen LogP contribution < -0.4 is 5.32 Å². The van der Waals surface area contributed by atoms with Crippen molar-refractivity contribution < 1.29 is 9.59 Å². The highest BCUT2D eigenvalue weighted by molar-refractivity contribution is 7.97. The Balaban J connectivity index is 1.99. The van der Waals surface area contributed by atoms with E-state index in [0.717, 1.165) is 22.6 Å². The molecule has 1 N–H and O–H groups in total. The molecule has 2 aromatic carbocycles. The Bertz CT molecular complexity index is 737. The summed E-state index contributed by atoms with van der Waals surface area (Å²) < 4.78 is 0. The van der Waals surface area contributed by atoms with E-state index in [9.17, 15) is 9.59 Å². The zero-order chi connectivity index (χ0) is 18.4. The minimum absolute atomic E-state index is 0.0131. The van der Waals surface area contributed by atoms with E-state index in [1.54, 1.807) is 18.8 Å². The Hall–Kier alpha value is -2.27. The number of nitrogens with one attached hydrogen (secondary N) is 1. The molecule has 132 valence electrons. The van der Waals surface area contributed by atoms with E-state index in [2.05, 4.69) is 5.32 Å². The Kier molecular flexibility index (Phi) is 6.65. The van der Waals surface area contributed by atoms with Crippen molar-refractivity contribution in [3.63, 3.8) is 0 Å². The molecular formula is C20H24N2O2S. The van der Waals surface area contributed by atoms with Gasteiger partial charge in [-0.3, -0.25) is 9.59 Å². The summed E-state index contributed by atoms with van der Waals surface area (Å²) in [6.07, 6.45) is 2.04. The summed E-state index contributed by atoms with van der Waals surface area (Å²) in [7, 11) is 1.64. The van der Waals surface area contributed by atoms with Crippen LogP contribution in [-0.2, 0) is 10.5 Å². The van der Waals surface area contributed by atoms with Gasteiger partial charge >= 0.3 is 0 Å². The van der Waals surface area contributed by atoms with Crippen LogP contribution in [0.5, 0.6) is 0 Å². The number of benzene rings is 2. The number of aryl methyl sites for hydroxylation is 2. The van der Waals surface area contributed by atoms with Gasteiger partial charge in [-0.15, -0.1) is 0 Å². The normalized spacial score (nSPS) is 10.4. The van der Waals surface area contributed by atoms with Crippen molar-refractivity contribution >= 4 is 29.3 Å². The molecule has 0 heterocycles. The molecular weight excluding hydrogens is 332 g/mol. The third-order valence-electron chi connectivity index (χ3n) is 3.98. The molecule has 0 radical (unpaired) electrons. The van der Waals surface area contributed by atoms with E-state index in [4.69, 9.17) is 0 Å². The Labute approximate surface area is 153 Å². The van der Waals surface area contributed by atoms with Gasteiger partial charge in [-0.2, -0.15) is 11.8 Å². The molecule has 0 saturated heterocycles. The first kappa shape index (κ1) is 19.1. The first-order valence-electron chi connectivity index (χ1n) is 8.11. The van der Waals surface area contributed by atoms with Crippen molar-refractivity contribution in [1.82, 2.24) is 4.90 Å². The molecule has 4 nitrogen and oxygen atoms in total.